The summed E-state index contributed by atoms with van der Waals surface area (Å²) in [6.07, 6.45) is 2.39. The monoisotopic (exact) mass is 331 g/mol. The number of fused-ring (bicyclic) bond motifs is 2. The number of hydrogen-bond acceptors (Lipinski definition) is 1. The number of hydrogen-bond donors (Lipinski definition) is 0. The van der Waals surface area contributed by atoms with Crippen molar-refractivity contribution >= 4 is 0 Å². The Labute approximate surface area is 148 Å². The molecule has 3 aliphatic rings. The second-order valence-electron chi connectivity index (χ2n) is 7.87. The molecule has 1 nitrogen and oxygen atoms in total. The molecule has 0 spiro atoms. The van der Waals surface area contributed by atoms with E-state index in [1.165, 1.54) is 42.8 Å². The van der Waals surface area contributed by atoms with Gasteiger partial charge in [-0.1, -0.05) is 30.9 Å². The molecule has 25 heavy (non-hydrogen) atoms. The zero-order valence-electron chi connectivity index (χ0n) is 14.5. The largest absolute Gasteiger partial charge is 0.296 e. The van der Waals surface area contributed by atoms with Crippen LogP contribution in [0.5, 0.6) is 0 Å². The summed E-state index contributed by atoms with van der Waals surface area (Å²) in [5.74, 6) is 8.91. The van der Waals surface area contributed by atoms with Crippen LogP contribution in [0.3, 0.4) is 0 Å². The summed E-state index contributed by atoms with van der Waals surface area (Å²) in [6, 6.07) is 13.7. The van der Waals surface area contributed by atoms with Crippen LogP contribution in [0, 0.1) is 35.4 Å². The molecule has 2 aromatic carbocycles. The van der Waals surface area contributed by atoms with Crippen molar-refractivity contribution < 1.29 is 4.39 Å². The molecule has 3 atom stereocenters. The Balaban J connectivity index is 1.35. The lowest BCUT2D eigenvalue weighted by Gasteiger charge is -2.27. The summed E-state index contributed by atoms with van der Waals surface area (Å²) in [6.45, 7) is 4.98. The van der Waals surface area contributed by atoms with Gasteiger partial charge in [-0.15, -0.1) is 0 Å². The zero-order valence-corrected chi connectivity index (χ0v) is 14.5. The lowest BCUT2D eigenvalue weighted by Crippen LogP contribution is -2.27. The molecule has 0 amide bonds. The molecule has 2 aromatic rings. The topological polar surface area (TPSA) is 3.24 Å². The van der Waals surface area contributed by atoms with Gasteiger partial charge in [-0.25, -0.2) is 4.39 Å². The van der Waals surface area contributed by atoms with Gasteiger partial charge in [-0.3, -0.25) is 4.90 Å². The number of nitrogens with zero attached hydrogens (tertiary/aromatic N) is 1. The average molecular weight is 331 g/mol. The minimum absolute atomic E-state index is 0.235. The normalized spacial score (nSPS) is 29.7. The van der Waals surface area contributed by atoms with E-state index in [0.717, 1.165) is 35.3 Å². The van der Waals surface area contributed by atoms with Crippen LogP contribution >= 0.6 is 0 Å². The Morgan fingerprint density at radius 2 is 1.76 bits per heavy atom. The van der Waals surface area contributed by atoms with Crippen molar-refractivity contribution in [3.63, 3.8) is 0 Å². The smallest absolute Gasteiger partial charge is 0.124 e. The Morgan fingerprint density at radius 1 is 1.00 bits per heavy atom. The molecule has 5 rings (SSSR count). The fraction of sp³-hybridized carbons (Fsp3) is 0.391. The van der Waals surface area contributed by atoms with E-state index in [1.54, 1.807) is 6.07 Å². The first-order chi connectivity index (χ1) is 12.2. The van der Waals surface area contributed by atoms with Crippen LogP contribution in [0.2, 0.25) is 0 Å². The van der Waals surface area contributed by atoms with Crippen LogP contribution in [0.4, 0.5) is 4.39 Å². The minimum atomic E-state index is -0.235. The van der Waals surface area contributed by atoms with E-state index >= 15 is 0 Å². The Morgan fingerprint density at radius 3 is 2.52 bits per heavy atom. The van der Waals surface area contributed by atoms with Gasteiger partial charge in [0.2, 0.25) is 0 Å². The van der Waals surface area contributed by atoms with Crippen LogP contribution in [-0.2, 0) is 6.42 Å². The van der Waals surface area contributed by atoms with E-state index in [2.05, 4.69) is 41.9 Å². The molecule has 2 aliphatic carbocycles. The second-order valence-corrected chi connectivity index (χ2v) is 7.87. The van der Waals surface area contributed by atoms with Crippen LogP contribution < -0.4 is 0 Å². The predicted molar refractivity (Wildman–Crippen MR) is 97.6 cm³/mol. The van der Waals surface area contributed by atoms with Gasteiger partial charge in [0.1, 0.15) is 5.82 Å². The summed E-state index contributed by atoms with van der Waals surface area (Å²) in [7, 11) is 0. The Hall–Kier alpha value is -2.11. The molecular formula is C23H22FN. The molecular weight excluding hydrogens is 309 g/mol. The van der Waals surface area contributed by atoms with Gasteiger partial charge in [-0.2, -0.15) is 0 Å². The molecule has 0 N–H and O–H groups in total. The molecule has 1 saturated carbocycles. The molecule has 0 bridgehead atoms. The fourth-order valence-corrected chi connectivity index (χ4v) is 4.87. The summed E-state index contributed by atoms with van der Waals surface area (Å²) in [5, 5.41) is 0. The van der Waals surface area contributed by atoms with Crippen molar-refractivity contribution in [1.82, 2.24) is 4.90 Å². The van der Waals surface area contributed by atoms with Gasteiger partial charge >= 0.3 is 0 Å². The first-order valence-corrected chi connectivity index (χ1v) is 9.33. The third kappa shape index (κ3) is 2.68. The van der Waals surface area contributed by atoms with Crippen molar-refractivity contribution in [2.45, 2.75) is 25.8 Å². The first-order valence-electron chi connectivity index (χ1n) is 9.33. The standard InChI is InChI=1S/C23H22FN/c1-15-21-13-25(14-22(15)21)23-10-8-18-11-17(7-9-20(18)23)6-5-16-3-2-4-19(24)12-16/h2-4,7,9,11-12,15,21-23H,8,10,13-14H2,1H3. The molecule has 1 aliphatic heterocycles. The molecule has 0 radical (unpaired) electrons. The van der Waals surface area contributed by atoms with E-state index < -0.39 is 0 Å². The van der Waals surface area contributed by atoms with E-state index in [1.807, 2.05) is 6.07 Å². The van der Waals surface area contributed by atoms with E-state index in [-0.39, 0.29) is 5.82 Å². The van der Waals surface area contributed by atoms with Crippen molar-refractivity contribution in [3.8, 4) is 11.8 Å². The summed E-state index contributed by atoms with van der Waals surface area (Å²) in [4.78, 5) is 2.71. The van der Waals surface area contributed by atoms with Gasteiger partial charge in [0.15, 0.2) is 0 Å². The van der Waals surface area contributed by atoms with E-state index in [0.29, 0.717) is 6.04 Å². The number of halogens is 1. The number of piperidine rings is 1. The van der Waals surface area contributed by atoms with Crippen LogP contribution in [-0.4, -0.2) is 18.0 Å². The SMILES string of the molecule is CC1C2CN(C3CCc4cc(C#Cc5cccc(F)c5)ccc43)CC12. The highest BCUT2D eigenvalue weighted by atomic mass is 19.1. The number of rotatable bonds is 1. The van der Waals surface area contributed by atoms with Crippen molar-refractivity contribution in [3.05, 3.63) is 70.5 Å². The number of aryl methyl sites for hydroxylation is 1. The molecule has 3 unspecified atom stereocenters. The lowest BCUT2D eigenvalue weighted by atomic mass is 10.0. The number of likely N-dealkylation sites (tertiary alicyclic amines) is 1. The van der Waals surface area contributed by atoms with Gasteiger partial charge in [0, 0.05) is 30.3 Å². The molecule has 0 aromatic heterocycles. The fourth-order valence-electron chi connectivity index (χ4n) is 4.87. The van der Waals surface area contributed by atoms with Gasteiger partial charge in [0.05, 0.1) is 0 Å². The molecule has 126 valence electrons. The molecule has 1 heterocycles. The maximum atomic E-state index is 13.2. The maximum absolute atomic E-state index is 13.2. The average Bonchev–Trinajstić information content (AvgIpc) is 3.00. The first kappa shape index (κ1) is 15.2. The highest BCUT2D eigenvalue weighted by Crippen LogP contribution is 2.54. The van der Waals surface area contributed by atoms with Gasteiger partial charge in [-0.05, 0) is 72.1 Å². The van der Waals surface area contributed by atoms with Crippen LogP contribution in [0.15, 0.2) is 42.5 Å². The quantitative estimate of drug-likeness (QED) is 0.700. The predicted octanol–water partition coefficient (Wildman–Crippen LogP) is 4.41. The lowest BCUT2D eigenvalue weighted by molar-refractivity contribution is 0.210. The Kier molecular flexibility index (Phi) is 3.47. The molecule has 1 saturated heterocycles. The third-order valence-electron chi connectivity index (χ3n) is 6.46. The number of benzene rings is 2. The molecule has 2 fully saturated rings. The second kappa shape index (κ2) is 5.71. The zero-order chi connectivity index (χ0) is 17.0. The Bertz CT molecular complexity index is 878. The van der Waals surface area contributed by atoms with E-state index in [4.69, 9.17) is 0 Å². The van der Waals surface area contributed by atoms with Crippen LogP contribution in [0.1, 0.15) is 41.6 Å². The summed E-state index contributed by atoms with van der Waals surface area (Å²) < 4.78 is 13.2. The highest BCUT2D eigenvalue weighted by molar-refractivity contribution is 5.47. The summed E-state index contributed by atoms with van der Waals surface area (Å²) in [5.41, 5.74) is 4.71. The minimum Gasteiger partial charge on any atom is -0.296 e. The van der Waals surface area contributed by atoms with Crippen LogP contribution in [0.25, 0.3) is 0 Å². The van der Waals surface area contributed by atoms with Gasteiger partial charge in [0.25, 0.3) is 0 Å². The van der Waals surface area contributed by atoms with E-state index in [9.17, 15) is 4.39 Å². The third-order valence-corrected chi connectivity index (χ3v) is 6.46. The van der Waals surface area contributed by atoms with Crippen molar-refractivity contribution in [2.24, 2.45) is 17.8 Å². The maximum Gasteiger partial charge on any atom is 0.124 e. The van der Waals surface area contributed by atoms with Gasteiger partial charge < -0.3 is 0 Å². The van der Waals surface area contributed by atoms with Crippen molar-refractivity contribution in [1.29, 1.82) is 0 Å². The molecule has 2 heteroatoms. The highest BCUT2D eigenvalue weighted by Gasteiger charge is 2.54. The summed E-state index contributed by atoms with van der Waals surface area (Å²) >= 11 is 0. The van der Waals surface area contributed by atoms with Crippen molar-refractivity contribution in [2.75, 3.05) is 13.1 Å².